The fourth-order valence-corrected chi connectivity index (χ4v) is 0. The number of carbonyl (C=O) groups excluding carboxylic acids is 1. The SMILES string of the molecule is O=C([O-])[O-].[Ca+2].[Fe+2]. The largest absolute Gasteiger partial charge is 2.00 e. The van der Waals surface area contributed by atoms with Crippen LogP contribution in [0.1, 0.15) is 0 Å². The van der Waals surface area contributed by atoms with Gasteiger partial charge in [-0.3, -0.25) is 0 Å². The van der Waals surface area contributed by atoms with Gasteiger partial charge >= 0.3 is 54.8 Å². The topological polar surface area (TPSA) is 63.2 Å². The summed E-state index contributed by atoms with van der Waals surface area (Å²) in [6, 6.07) is 0. The Labute approximate surface area is 75.2 Å². The van der Waals surface area contributed by atoms with Crippen LogP contribution in [0.15, 0.2) is 0 Å². The first-order valence-corrected chi connectivity index (χ1v) is 0.612. The fourth-order valence-electron chi connectivity index (χ4n) is 0. The van der Waals surface area contributed by atoms with Crippen LogP contribution in [0.5, 0.6) is 0 Å². The Kier molecular flexibility index (Phi) is 24.7. The molecule has 0 fully saturated rings. The minimum absolute atomic E-state index is 0. The molecule has 0 aliphatic rings. The smallest absolute Gasteiger partial charge is 0.652 e. The Hall–Kier alpha value is 1.05. The van der Waals surface area contributed by atoms with Gasteiger partial charge in [-0.2, -0.15) is 0 Å². The zero-order valence-electron chi connectivity index (χ0n) is 2.79. The molecular formula is CCaFeO3+2. The van der Waals surface area contributed by atoms with Crippen molar-refractivity contribution in [1.82, 2.24) is 0 Å². The van der Waals surface area contributed by atoms with E-state index in [0.29, 0.717) is 0 Å². The summed E-state index contributed by atoms with van der Waals surface area (Å²) in [6.45, 7) is 0. The number of carboxylic acid groups (broad SMARTS) is 2. The second-order valence-electron chi connectivity index (χ2n) is 0.250. The van der Waals surface area contributed by atoms with Crippen LogP contribution in [-0.4, -0.2) is 43.9 Å². The van der Waals surface area contributed by atoms with Crippen molar-refractivity contribution in [2.75, 3.05) is 0 Å². The van der Waals surface area contributed by atoms with Crippen LogP contribution in [0.3, 0.4) is 0 Å². The third-order valence-electron chi connectivity index (χ3n) is 0. The van der Waals surface area contributed by atoms with E-state index in [1.165, 1.54) is 0 Å². The molecule has 0 atom stereocenters. The van der Waals surface area contributed by atoms with Gasteiger partial charge in [0.15, 0.2) is 0 Å². The maximum Gasteiger partial charge on any atom is 2.00 e. The van der Waals surface area contributed by atoms with Gasteiger partial charge in [-0.15, -0.1) is 0 Å². The molecular weight excluding hydrogens is 156 g/mol. The van der Waals surface area contributed by atoms with Crippen molar-refractivity contribution in [2.45, 2.75) is 0 Å². The first kappa shape index (κ1) is 15.7. The van der Waals surface area contributed by atoms with Crippen LogP contribution in [-0.2, 0) is 17.1 Å². The summed E-state index contributed by atoms with van der Waals surface area (Å²) in [6.07, 6.45) is -2.33. The summed E-state index contributed by atoms with van der Waals surface area (Å²) in [5.74, 6) is 0. The van der Waals surface area contributed by atoms with E-state index < -0.39 is 6.16 Å². The van der Waals surface area contributed by atoms with Crippen LogP contribution < -0.4 is 10.2 Å². The molecule has 0 aromatic heterocycles. The zero-order chi connectivity index (χ0) is 3.58. The van der Waals surface area contributed by atoms with Gasteiger partial charge in [0.25, 0.3) is 0 Å². The van der Waals surface area contributed by atoms with Crippen molar-refractivity contribution in [3.63, 3.8) is 0 Å². The second-order valence-corrected chi connectivity index (χ2v) is 0.250. The van der Waals surface area contributed by atoms with E-state index in [-0.39, 0.29) is 54.8 Å². The molecule has 6 heavy (non-hydrogen) atoms. The number of rotatable bonds is 0. The summed E-state index contributed by atoms with van der Waals surface area (Å²) in [5, 5.41) is 16.7. The minimum atomic E-state index is -2.33. The van der Waals surface area contributed by atoms with Crippen LogP contribution in [0.4, 0.5) is 4.79 Å². The predicted molar refractivity (Wildman–Crippen MR) is 11.1 cm³/mol. The van der Waals surface area contributed by atoms with Gasteiger partial charge in [-0.25, -0.2) is 0 Å². The van der Waals surface area contributed by atoms with Crippen LogP contribution in [0.25, 0.3) is 0 Å². The maximum atomic E-state index is 8.33. The number of carbonyl (C=O) groups is 1. The summed E-state index contributed by atoms with van der Waals surface area (Å²) in [7, 11) is 0. The van der Waals surface area contributed by atoms with Gasteiger partial charge < -0.3 is 15.0 Å². The molecule has 0 saturated carbocycles. The molecule has 0 heterocycles. The average Bonchev–Trinajstić information content (AvgIpc) is 0.811. The molecule has 0 amide bonds. The van der Waals surface area contributed by atoms with Crippen LogP contribution in [0.2, 0.25) is 0 Å². The van der Waals surface area contributed by atoms with Crippen LogP contribution >= 0.6 is 0 Å². The van der Waals surface area contributed by atoms with E-state index in [1.54, 1.807) is 0 Å². The molecule has 3 nitrogen and oxygen atoms in total. The Morgan fingerprint density at radius 2 is 1.33 bits per heavy atom. The molecule has 0 bridgehead atoms. The van der Waals surface area contributed by atoms with E-state index in [4.69, 9.17) is 15.0 Å². The summed E-state index contributed by atoms with van der Waals surface area (Å²) >= 11 is 0. The minimum Gasteiger partial charge on any atom is -0.652 e. The van der Waals surface area contributed by atoms with Crippen molar-refractivity contribution in [1.29, 1.82) is 0 Å². The molecule has 0 aromatic carbocycles. The first-order valence-electron chi connectivity index (χ1n) is 0.612. The van der Waals surface area contributed by atoms with Crippen molar-refractivity contribution in [2.24, 2.45) is 0 Å². The third-order valence-corrected chi connectivity index (χ3v) is 0. The second kappa shape index (κ2) is 9.41. The van der Waals surface area contributed by atoms with E-state index in [9.17, 15) is 0 Å². The average molecular weight is 156 g/mol. The fraction of sp³-hybridized carbons (Fsp3) is 0. The van der Waals surface area contributed by atoms with Crippen molar-refractivity contribution in [3.05, 3.63) is 0 Å². The van der Waals surface area contributed by atoms with Crippen molar-refractivity contribution >= 4 is 43.9 Å². The molecule has 0 aliphatic heterocycles. The third kappa shape index (κ3) is 75.2. The standard InChI is InChI=1S/CH2O3.Ca.Fe/c2-1(3)4;;/h(H2,2,3,4);;/q;2*+2/p-2. The molecule has 0 saturated heterocycles. The van der Waals surface area contributed by atoms with Gasteiger partial charge in [0.05, 0.1) is 0 Å². The Morgan fingerprint density at radius 1 is 1.33 bits per heavy atom. The Bertz CT molecular complexity index is 33.8. The predicted octanol–water partition coefficient (Wildman–Crippen LogP) is -2.83. The Balaban J connectivity index is -0.0000000450. The van der Waals surface area contributed by atoms with Crippen molar-refractivity contribution in [3.8, 4) is 0 Å². The number of hydrogen-bond acceptors (Lipinski definition) is 3. The molecule has 5 heteroatoms. The van der Waals surface area contributed by atoms with E-state index in [1.807, 2.05) is 0 Å². The quantitative estimate of drug-likeness (QED) is 0.355. The van der Waals surface area contributed by atoms with E-state index in [0.717, 1.165) is 0 Å². The summed E-state index contributed by atoms with van der Waals surface area (Å²) < 4.78 is 0. The molecule has 30 valence electrons. The first-order chi connectivity index (χ1) is 1.73. The Morgan fingerprint density at radius 3 is 1.33 bits per heavy atom. The molecule has 0 rings (SSSR count). The molecule has 0 aromatic rings. The van der Waals surface area contributed by atoms with E-state index >= 15 is 0 Å². The monoisotopic (exact) mass is 156 g/mol. The molecule has 0 N–H and O–H groups in total. The van der Waals surface area contributed by atoms with E-state index in [2.05, 4.69) is 0 Å². The zero-order valence-corrected chi connectivity index (χ0v) is 6.10. The van der Waals surface area contributed by atoms with Crippen molar-refractivity contribution < 1.29 is 32.1 Å². The van der Waals surface area contributed by atoms with Gasteiger partial charge in [0.1, 0.15) is 0 Å². The normalized spacial score (nSPS) is 4.00. The van der Waals surface area contributed by atoms with Gasteiger partial charge in [0, 0.05) is 0 Å². The molecule has 0 spiro atoms. The number of hydrogen-bond donors (Lipinski definition) is 0. The summed E-state index contributed by atoms with van der Waals surface area (Å²) in [4.78, 5) is 8.33. The van der Waals surface area contributed by atoms with Gasteiger partial charge in [-0.1, -0.05) is 0 Å². The molecule has 0 aliphatic carbocycles. The molecule has 0 radical (unpaired) electrons. The molecule has 0 unspecified atom stereocenters. The van der Waals surface area contributed by atoms with Gasteiger partial charge in [0.2, 0.25) is 0 Å². The van der Waals surface area contributed by atoms with Gasteiger partial charge in [-0.05, 0) is 6.16 Å². The van der Waals surface area contributed by atoms with Crippen LogP contribution in [0, 0.1) is 0 Å². The maximum absolute atomic E-state index is 8.33. The summed E-state index contributed by atoms with van der Waals surface area (Å²) in [5.41, 5.74) is 0.